The van der Waals surface area contributed by atoms with E-state index in [0.29, 0.717) is 5.89 Å². The largest absolute Gasteiger partial charge is 0.456 e. The Balaban J connectivity index is 1.20. The molecule has 0 spiro atoms. The molecule has 0 bridgehead atoms. The van der Waals surface area contributed by atoms with Crippen molar-refractivity contribution < 1.29 is 8.83 Å². The van der Waals surface area contributed by atoms with E-state index >= 15 is 0 Å². The summed E-state index contributed by atoms with van der Waals surface area (Å²) in [4.78, 5) is 7.21. The molecule has 4 heteroatoms. The van der Waals surface area contributed by atoms with Gasteiger partial charge >= 0.3 is 0 Å². The molecular formula is C41H26N2O2. The fourth-order valence-corrected chi connectivity index (χ4v) is 6.28. The molecule has 9 rings (SSSR count). The lowest BCUT2D eigenvalue weighted by molar-refractivity contribution is 0.620. The second kappa shape index (κ2) is 10.2. The van der Waals surface area contributed by atoms with Crippen LogP contribution in [-0.2, 0) is 0 Å². The summed E-state index contributed by atoms with van der Waals surface area (Å²) in [6.07, 6.45) is 0. The lowest BCUT2D eigenvalue weighted by Crippen LogP contribution is -2.09. The molecule has 0 N–H and O–H groups in total. The number of hydrogen-bond acceptors (Lipinski definition) is 4. The molecule has 0 amide bonds. The molecule has 0 unspecified atom stereocenters. The van der Waals surface area contributed by atoms with Gasteiger partial charge < -0.3 is 13.7 Å². The summed E-state index contributed by atoms with van der Waals surface area (Å²) < 4.78 is 12.3. The van der Waals surface area contributed by atoms with E-state index in [1.54, 1.807) is 0 Å². The van der Waals surface area contributed by atoms with Crippen LogP contribution < -0.4 is 4.90 Å². The molecule has 7 aromatic carbocycles. The Bertz CT molecular complexity index is 2480. The van der Waals surface area contributed by atoms with Gasteiger partial charge in [0.15, 0.2) is 5.58 Å². The van der Waals surface area contributed by atoms with Gasteiger partial charge in [-0.1, -0.05) is 84.9 Å². The first-order valence-electron chi connectivity index (χ1n) is 15.0. The van der Waals surface area contributed by atoms with Crippen molar-refractivity contribution in [3.8, 4) is 22.6 Å². The molecule has 45 heavy (non-hydrogen) atoms. The quantitative estimate of drug-likeness (QED) is 0.204. The van der Waals surface area contributed by atoms with Gasteiger partial charge in [0.05, 0.1) is 0 Å². The summed E-state index contributed by atoms with van der Waals surface area (Å²) in [5.74, 6) is 0.628. The number of furan rings is 1. The highest BCUT2D eigenvalue weighted by molar-refractivity contribution is 6.08. The van der Waals surface area contributed by atoms with E-state index in [0.717, 1.165) is 66.4 Å². The number of benzene rings is 7. The Morgan fingerprint density at radius 3 is 1.84 bits per heavy atom. The molecule has 0 saturated heterocycles. The topological polar surface area (TPSA) is 42.4 Å². The SMILES string of the molecule is c1ccc(-c2ccc(N(c3ccc4c(ccc5oc(-c6ccccc6)nc54)c3)c3ccc4oc5ccccc5c4c3)cc2)cc1. The summed E-state index contributed by atoms with van der Waals surface area (Å²) in [6, 6.07) is 54.6. The number of rotatable bonds is 5. The molecule has 9 aromatic rings. The molecule has 2 aromatic heterocycles. The lowest BCUT2D eigenvalue weighted by atomic mass is 10.0. The number of para-hydroxylation sites is 1. The van der Waals surface area contributed by atoms with Gasteiger partial charge in [-0.2, -0.15) is 0 Å². The number of nitrogens with zero attached hydrogens (tertiary/aromatic N) is 2. The minimum Gasteiger partial charge on any atom is -0.456 e. The predicted molar refractivity (Wildman–Crippen MR) is 184 cm³/mol. The molecule has 0 saturated carbocycles. The fourth-order valence-electron chi connectivity index (χ4n) is 6.28. The summed E-state index contributed by atoms with van der Waals surface area (Å²) in [6.45, 7) is 0. The zero-order valence-electron chi connectivity index (χ0n) is 24.2. The Morgan fingerprint density at radius 2 is 1.02 bits per heavy atom. The lowest BCUT2D eigenvalue weighted by Gasteiger charge is -2.26. The zero-order valence-corrected chi connectivity index (χ0v) is 24.2. The highest BCUT2D eigenvalue weighted by Crippen LogP contribution is 2.41. The van der Waals surface area contributed by atoms with Crippen LogP contribution in [0.25, 0.3) is 66.4 Å². The molecule has 4 nitrogen and oxygen atoms in total. The monoisotopic (exact) mass is 578 g/mol. The number of hydrogen-bond donors (Lipinski definition) is 0. The molecule has 0 atom stereocenters. The average Bonchev–Trinajstić information content (AvgIpc) is 3.72. The zero-order chi connectivity index (χ0) is 29.7. The first-order valence-corrected chi connectivity index (χ1v) is 15.0. The first kappa shape index (κ1) is 25.4. The maximum atomic E-state index is 6.16. The van der Waals surface area contributed by atoms with E-state index in [1.807, 2.05) is 54.6 Å². The third kappa shape index (κ3) is 4.35. The third-order valence-corrected chi connectivity index (χ3v) is 8.49. The van der Waals surface area contributed by atoms with Crippen LogP contribution >= 0.6 is 0 Å². The van der Waals surface area contributed by atoms with Crippen LogP contribution in [-0.4, -0.2) is 4.98 Å². The van der Waals surface area contributed by atoms with Gasteiger partial charge in [0, 0.05) is 38.8 Å². The third-order valence-electron chi connectivity index (χ3n) is 8.49. The fraction of sp³-hybridized carbons (Fsp3) is 0. The smallest absolute Gasteiger partial charge is 0.227 e. The molecule has 0 aliphatic heterocycles. The molecule has 0 aliphatic rings. The second-order valence-electron chi connectivity index (χ2n) is 11.2. The standard InChI is InChI=1S/C41H26N2O2/c1-3-9-27(10-4-1)28-15-18-31(19-16-28)43(33-21-24-38-36(26-33)35-13-7-8-14-37(35)44-38)32-20-22-34-30(25-32)17-23-39-40(34)42-41(45-39)29-11-5-2-6-12-29/h1-26H. The van der Waals surface area contributed by atoms with Crippen molar-refractivity contribution in [2.45, 2.75) is 0 Å². The van der Waals surface area contributed by atoms with Crippen molar-refractivity contribution in [3.63, 3.8) is 0 Å². The molecule has 212 valence electrons. The van der Waals surface area contributed by atoms with Crippen LogP contribution in [0.5, 0.6) is 0 Å². The summed E-state index contributed by atoms with van der Waals surface area (Å²) in [5.41, 5.74) is 9.91. The van der Waals surface area contributed by atoms with E-state index in [2.05, 4.69) is 108 Å². The van der Waals surface area contributed by atoms with E-state index in [4.69, 9.17) is 13.8 Å². The van der Waals surface area contributed by atoms with Crippen LogP contribution in [0.4, 0.5) is 17.1 Å². The van der Waals surface area contributed by atoms with Crippen LogP contribution in [0.3, 0.4) is 0 Å². The molecule has 0 aliphatic carbocycles. The minimum absolute atomic E-state index is 0.628. The Morgan fingerprint density at radius 1 is 0.400 bits per heavy atom. The predicted octanol–water partition coefficient (Wildman–Crippen LogP) is 11.7. The van der Waals surface area contributed by atoms with Gasteiger partial charge in [0.1, 0.15) is 16.7 Å². The maximum absolute atomic E-state index is 6.16. The van der Waals surface area contributed by atoms with E-state index in [1.165, 1.54) is 11.1 Å². The number of anilines is 3. The van der Waals surface area contributed by atoms with Crippen LogP contribution in [0.1, 0.15) is 0 Å². The summed E-state index contributed by atoms with van der Waals surface area (Å²) in [5, 5.41) is 4.34. The first-order chi connectivity index (χ1) is 22.3. The van der Waals surface area contributed by atoms with Gasteiger partial charge in [-0.05, 0) is 89.3 Å². The summed E-state index contributed by atoms with van der Waals surface area (Å²) in [7, 11) is 0. The molecule has 0 fully saturated rings. The van der Waals surface area contributed by atoms with Gasteiger partial charge in [0.25, 0.3) is 0 Å². The van der Waals surface area contributed by atoms with Gasteiger partial charge in [-0.15, -0.1) is 0 Å². The van der Waals surface area contributed by atoms with E-state index in [-0.39, 0.29) is 0 Å². The van der Waals surface area contributed by atoms with Gasteiger partial charge in [0.2, 0.25) is 5.89 Å². The van der Waals surface area contributed by atoms with E-state index in [9.17, 15) is 0 Å². The highest BCUT2D eigenvalue weighted by atomic mass is 16.3. The molecule has 2 heterocycles. The number of aromatic nitrogens is 1. The van der Waals surface area contributed by atoms with Crippen molar-refractivity contribution in [3.05, 3.63) is 158 Å². The van der Waals surface area contributed by atoms with Crippen molar-refractivity contribution in [2.24, 2.45) is 0 Å². The normalized spacial score (nSPS) is 11.6. The molecular weight excluding hydrogens is 552 g/mol. The number of fused-ring (bicyclic) bond motifs is 6. The van der Waals surface area contributed by atoms with Gasteiger partial charge in [-0.3, -0.25) is 0 Å². The Labute approximate surface area is 259 Å². The molecule has 0 radical (unpaired) electrons. The van der Waals surface area contributed by atoms with Crippen LogP contribution in [0, 0.1) is 0 Å². The van der Waals surface area contributed by atoms with Crippen molar-refractivity contribution in [2.75, 3.05) is 4.90 Å². The average molecular weight is 579 g/mol. The van der Waals surface area contributed by atoms with E-state index < -0.39 is 0 Å². The Hall–Kier alpha value is -6.13. The van der Waals surface area contributed by atoms with Crippen molar-refractivity contribution >= 4 is 60.9 Å². The highest BCUT2D eigenvalue weighted by Gasteiger charge is 2.18. The second-order valence-corrected chi connectivity index (χ2v) is 11.2. The van der Waals surface area contributed by atoms with Crippen molar-refractivity contribution in [1.82, 2.24) is 4.98 Å². The van der Waals surface area contributed by atoms with Crippen molar-refractivity contribution in [1.29, 1.82) is 0 Å². The minimum atomic E-state index is 0.628. The number of oxazole rings is 1. The van der Waals surface area contributed by atoms with Gasteiger partial charge in [-0.25, -0.2) is 4.98 Å². The van der Waals surface area contributed by atoms with Crippen LogP contribution in [0.2, 0.25) is 0 Å². The van der Waals surface area contributed by atoms with Crippen LogP contribution in [0.15, 0.2) is 167 Å². The summed E-state index contributed by atoms with van der Waals surface area (Å²) >= 11 is 0. The Kier molecular flexibility index (Phi) is 5.78. The maximum Gasteiger partial charge on any atom is 0.227 e.